The number of esters is 1. The number of benzene rings is 2. The van der Waals surface area contributed by atoms with Gasteiger partial charge in [-0.15, -0.1) is 0 Å². The minimum absolute atomic E-state index is 0.116. The molecule has 0 atom stereocenters. The first kappa shape index (κ1) is 22.6. The fourth-order valence-electron chi connectivity index (χ4n) is 2.35. The highest BCUT2D eigenvalue weighted by molar-refractivity contribution is 6.35. The van der Waals surface area contributed by atoms with Crippen LogP contribution in [0.4, 0.5) is 0 Å². The van der Waals surface area contributed by atoms with Gasteiger partial charge >= 0.3 is 5.97 Å². The topological polar surface area (TPSA) is 73.9 Å². The summed E-state index contributed by atoms with van der Waals surface area (Å²) in [6.45, 7) is 0.392. The molecule has 2 aromatic rings. The zero-order chi connectivity index (χ0) is 21.2. The van der Waals surface area contributed by atoms with Crippen molar-refractivity contribution in [2.75, 3.05) is 20.8 Å². The van der Waals surface area contributed by atoms with Crippen LogP contribution in [0, 0.1) is 0 Å². The zero-order valence-corrected chi connectivity index (χ0v) is 17.5. The number of hydrogen-bond acceptors (Lipinski definition) is 5. The summed E-state index contributed by atoms with van der Waals surface area (Å²) in [4.78, 5) is 22.8. The lowest BCUT2D eigenvalue weighted by molar-refractivity contribution is -0.140. The van der Waals surface area contributed by atoms with Gasteiger partial charge in [-0.3, -0.25) is 9.59 Å². The van der Waals surface area contributed by atoms with Gasteiger partial charge in [0.05, 0.1) is 20.6 Å². The molecule has 1 N–H and O–H groups in total. The Kier molecular flexibility index (Phi) is 8.83. The molecular formula is C21H21Cl2NO5. The fraction of sp³-hybridized carbons (Fsp3) is 0.238. The predicted molar refractivity (Wildman–Crippen MR) is 112 cm³/mol. The second kappa shape index (κ2) is 11.3. The third-order valence-electron chi connectivity index (χ3n) is 3.90. The van der Waals surface area contributed by atoms with Gasteiger partial charge in [0.25, 0.3) is 0 Å². The van der Waals surface area contributed by atoms with Gasteiger partial charge in [-0.1, -0.05) is 35.3 Å². The Morgan fingerprint density at radius 3 is 2.45 bits per heavy atom. The highest BCUT2D eigenvalue weighted by Gasteiger charge is 2.10. The molecule has 0 aromatic heterocycles. The summed E-state index contributed by atoms with van der Waals surface area (Å²) in [6, 6.07) is 10.5. The third-order valence-corrected chi connectivity index (χ3v) is 4.61. The smallest absolute Gasteiger partial charge is 0.307 e. The number of carbonyl (C=O) groups is 2. The summed E-state index contributed by atoms with van der Waals surface area (Å²) in [7, 11) is 2.82. The third kappa shape index (κ3) is 7.00. The summed E-state index contributed by atoms with van der Waals surface area (Å²) >= 11 is 12.3. The van der Waals surface area contributed by atoms with E-state index in [1.54, 1.807) is 42.5 Å². The van der Waals surface area contributed by atoms with Gasteiger partial charge in [0.15, 0.2) is 11.5 Å². The minimum atomic E-state index is -0.382. The van der Waals surface area contributed by atoms with Crippen molar-refractivity contribution >= 4 is 41.2 Å². The number of ether oxygens (including phenoxy) is 3. The first-order valence-corrected chi connectivity index (χ1v) is 9.46. The van der Waals surface area contributed by atoms with Crippen molar-refractivity contribution in [2.45, 2.75) is 13.0 Å². The molecule has 0 bridgehead atoms. The van der Waals surface area contributed by atoms with Crippen molar-refractivity contribution in [3.8, 4) is 11.5 Å². The van der Waals surface area contributed by atoms with E-state index in [0.717, 1.165) is 5.56 Å². The van der Waals surface area contributed by atoms with Crippen molar-refractivity contribution in [1.82, 2.24) is 5.32 Å². The van der Waals surface area contributed by atoms with E-state index < -0.39 is 0 Å². The van der Waals surface area contributed by atoms with Crippen molar-refractivity contribution in [3.05, 3.63) is 63.6 Å². The second-order valence-electron chi connectivity index (χ2n) is 5.85. The molecule has 0 aliphatic heterocycles. The number of nitrogens with one attached hydrogen (secondary N) is 1. The minimum Gasteiger partial charge on any atom is -0.493 e. The number of hydrogen-bond donors (Lipinski definition) is 1. The molecule has 0 spiro atoms. The maximum absolute atomic E-state index is 11.8. The Morgan fingerprint density at radius 2 is 1.79 bits per heavy atom. The van der Waals surface area contributed by atoms with Crippen molar-refractivity contribution in [3.63, 3.8) is 0 Å². The summed E-state index contributed by atoms with van der Waals surface area (Å²) in [6.07, 6.45) is 3.12. The van der Waals surface area contributed by atoms with Crippen LogP contribution in [-0.4, -0.2) is 32.6 Å². The Hall–Kier alpha value is -2.70. The lowest BCUT2D eigenvalue weighted by atomic mass is 10.2. The van der Waals surface area contributed by atoms with E-state index >= 15 is 0 Å². The lowest BCUT2D eigenvalue weighted by Gasteiger charge is -2.13. The maximum Gasteiger partial charge on any atom is 0.307 e. The molecular weight excluding hydrogens is 417 g/mol. The Morgan fingerprint density at radius 1 is 1.07 bits per heavy atom. The van der Waals surface area contributed by atoms with Gasteiger partial charge in [-0.25, -0.2) is 0 Å². The summed E-state index contributed by atoms with van der Waals surface area (Å²) < 4.78 is 15.7. The summed E-state index contributed by atoms with van der Waals surface area (Å²) in [5.41, 5.74) is 1.43. The molecule has 0 saturated carbocycles. The van der Waals surface area contributed by atoms with Gasteiger partial charge in [0.1, 0.15) is 6.61 Å². The first-order valence-electron chi connectivity index (χ1n) is 8.71. The highest BCUT2D eigenvalue weighted by Crippen LogP contribution is 2.31. The van der Waals surface area contributed by atoms with E-state index in [1.165, 1.54) is 20.3 Å². The number of amides is 1. The van der Waals surface area contributed by atoms with Crippen LogP contribution in [0.5, 0.6) is 11.5 Å². The van der Waals surface area contributed by atoms with E-state index in [4.69, 9.17) is 32.7 Å². The van der Waals surface area contributed by atoms with Crippen LogP contribution < -0.4 is 14.8 Å². The highest BCUT2D eigenvalue weighted by atomic mass is 35.5. The SMILES string of the molecule is COC(=O)CCNC(=O)/C=C/c1ccc(OCc2c(Cl)cccc2Cl)c(OC)c1. The number of methoxy groups -OCH3 is 2. The van der Waals surface area contributed by atoms with Gasteiger partial charge in [0, 0.05) is 28.2 Å². The quantitative estimate of drug-likeness (QED) is 0.468. The van der Waals surface area contributed by atoms with Gasteiger partial charge < -0.3 is 19.5 Å². The molecule has 0 saturated heterocycles. The molecule has 2 rings (SSSR count). The van der Waals surface area contributed by atoms with Gasteiger partial charge in [-0.2, -0.15) is 0 Å². The Labute approximate surface area is 179 Å². The molecule has 0 heterocycles. The molecule has 2 aromatic carbocycles. The predicted octanol–water partition coefficient (Wildman–Crippen LogP) is 4.27. The van der Waals surface area contributed by atoms with Crippen LogP contribution in [-0.2, 0) is 20.9 Å². The van der Waals surface area contributed by atoms with E-state index in [2.05, 4.69) is 10.1 Å². The Balaban J connectivity index is 1.99. The number of halogens is 2. The Bertz CT molecular complexity index is 878. The molecule has 0 aliphatic rings. The molecule has 154 valence electrons. The second-order valence-corrected chi connectivity index (χ2v) is 6.66. The van der Waals surface area contributed by atoms with Crippen LogP contribution >= 0.6 is 23.2 Å². The van der Waals surface area contributed by atoms with Crippen LogP contribution in [0.1, 0.15) is 17.5 Å². The molecule has 29 heavy (non-hydrogen) atoms. The van der Waals surface area contributed by atoms with Crippen molar-refractivity contribution < 1.29 is 23.8 Å². The van der Waals surface area contributed by atoms with Crippen LogP contribution in [0.15, 0.2) is 42.5 Å². The average molecular weight is 438 g/mol. The average Bonchev–Trinajstić information content (AvgIpc) is 2.72. The van der Waals surface area contributed by atoms with Crippen LogP contribution in [0.2, 0.25) is 10.0 Å². The number of carbonyl (C=O) groups excluding carboxylic acids is 2. The number of rotatable bonds is 9. The van der Waals surface area contributed by atoms with Crippen LogP contribution in [0.3, 0.4) is 0 Å². The van der Waals surface area contributed by atoms with Crippen molar-refractivity contribution in [2.24, 2.45) is 0 Å². The van der Waals surface area contributed by atoms with Gasteiger partial charge in [0.2, 0.25) is 5.91 Å². The zero-order valence-electron chi connectivity index (χ0n) is 16.0. The molecule has 8 heteroatoms. The fourth-order valence-corrected chi connectivity index (χ4v) is 2.85. The maximum atomic E-state index is 11.8. The van der Waals surface area contributed by atoms with Crippen molar-refractivity contribution in [1.29, 1.82) is 0 Å². The standard InChI is InChI=1S/C21H21Cl2NO5/c1-27-19-12-14(7-9-20(25)24-11-10-21(26)28-2)6-8-18(19)29-13-15-16(22)4-3-5-17(15)23/h3-9,12H,10-11,13H2,1-2H3,(H,24,25)/b9-7+. The van der Waals surface area contributed by atoms with E-state index in [9.17, 15) is 9.59 Å². The van der Waals surface area contributed by atoms with E-state index in [-0.39, 0.29) is 31.4 Å². The monoisotopic (exact) mass is 437 g/mol. The molecule has 0 aliphatic carbocycles. The normalized spacial score (nSPS) is 10.6. The van der Waals surface area contributed by atoms with E-state index in [0.29, 0.717) is 27.1 Å². The molecule has 1 amide bonds. The molecule has 0 fully saturated rings. The molecule has 6 nitrogen and oxygen atoms in total. The summed E-state index contributed by atoms with van der Waals surface area (Å²) in [5.74, 6) is 0.318. The molecule has 0 radical (unpaired) electrons. The summed E-state index contributed by atoms with van der Waals surface area (Å²) in [5, 5.41) is 3.64. The largest absolute Gasteiger partial charge is 0.493 e. The van der Waals surface area contributed by atoms with E-state index in [1.807, 2.05) is 0 Å². The first-order chi connectivity index (χ1) is 13.9. The molecule has 0 unspecified atom stereocenters. The lowest BCUT2D eigenvalue weighted by Crippen LogP contribution is -2.24. The van der Waals surface area contributed by atoms with Crippen LogP contribution in [0.25, 0.3) is 6.08 Å². The van der Waals surface area contributed by atoms with Gasteiger partial charge in [-0.05, 0) is 35.9 Å².